The Labute approximate surface area is 121 Å². The van der Waals surface area contributed by atoms with Crippen LogP contribution in [0, 0.1) is 0 Å². The smallest absolute Gasteiger partial charge is 0.00997 e. The van der Waals surface area contributed by atoms with E-state index in [0.717, 1.165) is 13.1 Å². The molecule has 2 nitrogen and oxygen atoms in total. The summed E-state index contributed by atoms with van der Waals surface area (Å²) in [6.45, 7) is 2.28. The Balaban J connectivity index is 2.01. The van der Waals surface area contributed by atoms with Crippen molar-refractivity contribution in [3.05, 3.63) is 0 Å². The molecule has 0 aliphatic carbocycles. The number of hydrogen-bond donors (Lipinski definition) is 2. The highest BCUT2D eigenvalue weighted by Gasteiger charge is 1.95. The van der Waals surface area contributed by atoms with Crippen LogP contribution >= 0.6 is 0 Å². The maximum absolute atomic E-state index is 3.35. The van der Waals surface area contributed by atoms with E-state index in [4.69, 9.17) is 0 Å². The lowest BCUT2D eigenvalue weighted by atomic mass is 10.0. The van der Waals surface area contributed by atoms with Crippen molar-refractivity contribution in [2.75, 3.05) is 13.1 Å². The first kappa shape index (κ1) is 17.0. The Morgan fingerprint density at radius 3 is 0.737 bits per heavy atom. The number of hydrogen-bond acceptors (Lipinski definition) is 2. The van der Waals surface area contributed by atoms with Crippen molar-refractivity contribution >= 4 is 0 Å². The molecule has 1 saturated heterocycles. The van der Waals surface area contributed by atoms with Crippen molar-refractivity contribution in [1.82, 2.24) is 10.9 Å². The van der Waals surface area contributed by atoms with Crippen molar-refractivity contribution in [2.45, 2.75) is 96.3 Å². The highest BCUT2D eigenvalue weighted by Crippen LogP contribution is 2.13. The molecule has 0 aromatic heterocycles. The zero-order chi connectivity index (χ0) is 13.4. The molecule has 0 spiro atoms. The highest BCUT2D eigenvalue weighted by molar-refractivity contribution is 4.52. The number of hydrazine groups is 1. The van der Waals surface area contributed by atoms with Gasteiger partial charge in [-0.05, 0) is 12.8 Å². The molecule has 1 rings (SSSR count). The summed E-state index contributed by atoms with van der Waals surface area (Å²) in [4.78, 5) is 0. The van der Waals surface area contributed by atoms with Crippen LogP contribution in [0.5, 0.6) is 0 Å². The molecule has 1 aliphatic heterocycles. The number of nitrogens with one attached hydrogen (secondary N) is 2. The van der Waals surface area contributed by atoms with Gasteiger partial charge in [0.1, 0.15) is 0 Å². The standard InChI is InChI=1S/C17H36N2/c1-2-4-6-8-10-12-14-16-18-19-17-15-13-11-9-7-5-3-1/h18-19H,1-17H2. The van der Waals surface area contributed by atoms with Gasteiger partial charge in [-0.1, -0.05) is 83.5 Å². The average molecular weight is 268 g/mol. The Kier molecular flexibility index (Phi) is 12.8. The van der Waals surface area contributed by atoms with Crippen LogP contribution in [0.1, 0.15) is 96.3 Å². The average Bonchev–Trinajstić information content (AvgIpc) is 2.43. The van der Waals surface area contributed by atoms with Gasteiger partial charge in [0.25, 0.3) is 0 Å². The van der Waals surface area contributed by atoms with Crippen molar-refractivity contribution in [2.24, 2.45) is 0 Å². The fraction of sp³-hybridized carbons (Fsp3) is 1.00. The molecule has 0 radical (unpaired) electrons. The molecule has 19 heavy (non-hydrogen) atoms. The minimum absolute atomic E-state index is 1.14. The molecule has 1 heterocycles. The van der Waals surface area contributed by atoms with Gasteiger partial charge in [0, 0.05) is 13.1 Å². The van der Waals surface area contributed by atoms with Crippen LogP contribution in [-0.4, -0.2) is 13.1 Å². The highest BCUT2D eigenvalue weighted by atomic mass is 15.3. The maximum atomic E-state index is 3.35. The molecular formula is C17H36N2. The predicted molar refractivity (Wildman–Crippen MR) is 85.3 cm³/mol. The van der Waals surface area contributed by atoms with Crippen LogP contribution in [0.15, 0.2) is 0 Å². The van der Waals surface area contributed by atoms with Crippen molar-refractivity contribution < 1.29 is 0 Å². The molecule has 0 unspecified atom stereocenters. The molecule has 1 aliphatic rings. The molecule has 2 N–H and O–H groups in total. The third-order valence-electron chi connectivity index (χ3n) is 4.23. The number of rotatable bonds is 0. The summed E-state index contributed by atoms with van der Waals surface area (Å²) in [6, 6.07) is 0. The predicted octanol–water partition coefficient (Wildman–Crippen LogP) is 4.95. The van der Waals surface area contributed by atoms with Crippen LogP contribution in [-0.2, 0) is 0 Å². The lowest BCUT2D eigenvalue weighted by Gasteiger charge is -2.06. The van der Waals surface area contributed by atoms with E-state index in [1.54, 1.807) is 0 Å². The second-order valence-electron chi connectivity index (χ2n) is 6.16. The van der Waals surface area contributed by atoms with Gasteiger partial charge in [0.2, 0.25) is 0 Å². The molecule has 2 heteroatoms. The Morgan fingerprint density at radius 1 is 0.263 bits per heavy atom. The zero-order valence-electron chi connectivity index (χ0n) is 13.0. The van der Waals surface area contributed by atoms with Crippen LogP contribution in [0.3, 0.4) is 0 Å². The Morgan fingerprint density at radius 2 is 0.474 bits per heavy atom. The molecule has 0 saturated carbocycles. The van der Waals surface area contributed by atoms with E-state index >= 15 is 0 Å². The SMILES string of the molecule is C1CCCCCCCCNNCCCCCCCC1. The van der Waals surface area contributed by atoms with Gasteiger partial charge in [0.15, 0.2) is 0 Å². The van der Waals surface area contributed by atoms with Crippen molar-refractivity contribution in [3.63, 3.8) is 0 Å². The third kappa shape index (κ3) is 12.7. The van der Waals surface area contributed by atoms with Gasteiger partial charge in [-0.15, -0.1) is 0 Å². The molecule has 0 atom stereocenters. The van der Waals surface area contributed by atoms with Crippen LogP contribution < -0.4 is 10.9 Å². The second kappa shape index (κ2) is 14.3. The normalized spacial score (nSPS) is 24.0. The van der Waals surface area contributed by atoms with E-state index in [1.807, 2.05) is 0 Å². The van der Waals surface area contributed by atoms with E-state index in [9.17, 15) is 0 Å². The largest absolute Gasteiger partial charge is 0.258 e. The zero-order valence-corrected chi connectivity index (χ0v) is 13.0. The van der Waals surface area contributed by atoms with Gasteiger partial charge in [-0.25, -0.2) is 0 Å². The molecule has 1 fully saturated rings. The molecular weight excluding hydrogens is 232 g/mol. The summed E-state index contributed by atoms with van der Waals surface area (Å²) < 4.78 is 0. The van der Waals surface area contributed by atoms with Crippen LogP contribution in [0.4, 0.5) is 0 Å². The van der Waals surface area contributed by atoms with Crippen molar-refractivity contribution in [1.29, 1.82) is 0 Å². The first-order valence-corrected chi connectivity index (χ1v) is 8.96. The van der Waals surface area contributed by atoms with Gasteiger partial charge in [-0.2, -0.15) is 0 Å². The third-order valence-corrected chi connectivity index (χ3v) is 4.23. The van der Waals surface area contributed by atoms with Gasteiger partial charge in [-0.3, -0.25) is 10.9 Å². The van der Waals surface area contributed by atoms with E-state index in [1.165, 1.54) is 96.3 Å². The van der Waals surface area contributed by atoms with E-state index in [2.05, 4.69) is 10.9 Å². The lowest BCUT2D eigenvalue weighted by molar-refractivity contribution is 0.481. The van der Waals surface area contributed by atoms with Gasteiger partial charge >= 0.3 is 0 Å². The molecule has 0 bridgehead atoms. The monoisotopic (exact) mass is 268 g/mol. The summed E-state index contributed by atoms with van der Waals surface area (Å²) in [5.74, 6) is 0. The van der Waals surface area contributed by atoms with Crippen molar-refractivity contribution in [3.8, 4) is 0 Å². The Hall–Kier alpha value is -0.0800. The first-order valence-electron chi connectivity index (χ1n) is 8.96. The topological polar surface area (TPSA) is 24.1 Å². The second-order valence-corrected chi connectivity index (χ2v) is 6.16. The summed E-state index contributed by atoms with van der Waals surface area (Å²) >= 11 is 0. The minimum atomic E-state index is 1.14. The molecule has 0 aromatic rings. The molecule has 114 valence electrons. The van der Waals surface area contributed by atoms with Crippen LogP contribution in [0.25, 0.3) is 0 Å². The Bertz CT molecular complexity index is 89.9. The minimum Gasteiger partial charge on any atom is -0.258 e. The van der Waals surface area contributed by atoms with Crippen LogP contribution in [0.2, 0.25) is 0 Å². The van der Waals surface area contributed by atoms with E-state index in [0.29, 0.717) is 0 Å². The summed E-state index contributed by atoms with van der Waals surface area (Å²) in [6.07, 6.45) is 21.5. The molecule has 0 amide bonds. The summed E-state index contributed by atoms with van der Waals surface area (Å²) in [5, 5.41) is 0. The summed E-state index contributed by atoms with van der Waals surface area (Å²) in [5.41, 5.74) is 6.70. The quantitative estimate of drug-likeness (QED) is 0.650. The fourth-order valence-electron chi connectivity index (χ4n) is 2.90. The van der Waals surface area contributed by atoms with Gasteiger partial charge in [0.05, 0.1) is 0 Å². The van der Waals surface area contributed by atoms with E-state index < -0.39 is 0 Å². The first-order chi connectivity index (χ1) is 9.50. The van der Waals surface area contributed by atoms with E-state index in [-0.39, 0.29) is 0 Å². The van der Waals surface area contributed by atoms with Gasteiger partial charge < -0.3 is 0 Å². The summed E-state index contributed by atoms with van der Waals surface area (Å²) in [7, 11) is 0. The lowest BCUT2D eigenvalue weighted by Crippen LogP contribution is -2.33. The maximum Gasteiger partial charge on any atom is 0.00997 e. The molecule has 0 aromatic carbocycles. The fourth-order valence-corrected chi connectivity index (χ4v) is 2.90.